The van der Waals surface area contributed by atoms with Gasteiger partial charge >= 0.3 is 11.9 Å². The van der Waals surface area contributed by atoms with Crippen LogP contribution in [0.5, 0.6) is 11.5 Å². The molecule has 1 saturated heterocycles. The number of esters is 2. The predicted molar refractivity (Wildman–Crippen MR) is 145 cm³/mol. The van der Waals surface area contributed by atoms with Gasteiger partial charge in [-0.05, 0) is 56.4 Å². The topological polar surface area (TPSA) is 122 Å². The third-order valence-corrected chi connectivity index (χ3v) is 7.22. The van der Waals surface area contributed by atoms with Crippen molar-refractivity contribution < 1.29 is 38.1 Å². The van der Waals surface area contributed by atoms with Gasteiger partial charge < -0.3 is 29.0 Å². The highest BCUT2D eigenvalue weighted by Crippen LogP contribution is 2.33. The Bertz CT molecular complexity index is 1150. The molecule has 4 rings (SSSR count). The zero-order valence-corrected chi connectivity index (χ0v) is 23.3. The number of methoxy groups -OCH3 is 1. The molecule has 0 spiro atoms. The Morgan fingerprint density at radius 3 is 2.58 bits per heavy atom. The molecule has 216 valence electrons. The molecule has 0 radical (unpaired) electrons. The Morgan fingerprint density at radius 1 is 1.10 bits per heavy atom. The van der Waals surface area contributed by atoms with Crippen LogP contribution in [-0.4, -0.2) is 61.6 Å². The first-order valence-corrected chi connectivity index (χ1v) is 13.8. The molecule has 1 aliphatic carbocycles. The summed E-state index contributed by atoms with van der Waals surface area (Å²) in [7, 11) is 1.42. The van der Waals surface area contributed by atoms with Crippen molar-refractivity contribution in [3.05, 3.63) is 53.9 Å². The van der Waals surface area contributed by atoms with Gasteiger partial charge in [0, 0.05) is 25.8 Å². The highest BCUT2D eigenvalue weighted by Gasteiger charge is 2.36. The van der Waals surface area contributed by atoms with E-state index < -0.39 is 36.8 Å². The molecule has 1 N–H and O–H groups in total. The number of carbonyl (C=O) groups excluding carboxylic acids is 3. The van der Waals surface area contributed by atoms with Crippen molar-refractivity contribution in [1.82, 2.24) is 10.3 Å². The zero-order chi connectivity index (χ0) is 28.5. The molecule has 4 atom stereocenters. The minimum Gasteiger partial charge on any atom is -0.493 e. The van der Waals surface area contributed by atoms with Crippen LogP contribution in [0, 0.1) is 11.8 Å². The van der Waals surface area contributed by atoms with Crippen LogP contribution in [0.25, 0.3) is 0 Å². The summed E-state index contributed by atoms with van der Waals surface area (Å²) in [5, 5.41) is 2.77. The number of pyridine rings is 1. The van der Waals surface area contributed by atoms with Crippen molar-refractivity contribution in [3.63, 3.8) is 0 Å². The molecular weight excluding hydrogens is 516 g/mol. The number of aromatic nitrogens is 1. The van der Waals surface area contributed by atoms with Crippen LogP contribution >= 0.6 is 0 Å². The normalized spacial score (nSPS) is 23.1. The molecule has 2 aliphatic rings. The van der Waals surface area contributed by atoms with Crippen LogP contribution in [-0.2, 0) is 30.2 Å². The van der Waals surface area contributed by atoms with Crippen molar-refractivity contribution in [3.8, 4) is 11.5 Å². The molecule has 2 aromatic rings. The van der Waals surface area contributed by atoms with Crippen LogP contribution in [0.15, 0.2) is 42.6 Å². The lowest BCUT2D eigenvalue weighted by Gasteiger charge is -2.31. The molecule has 1 aromatic heterocycles. The smallest absolute Gasteiger partial charge is 0.329 e. The fraction of sp³-hybridized carbons (Fsp3) is 0.533. The Morgan fingerprint density at radius 2 is 1.88 bits per heavy atom. The molecule has 1 saturated carbocycles. The minimum absolute atomic E-state index is 0.00465. The van der Waals surface area contributed by atoms with Gasteiger partial charge in [0.2, 0.25) is 6.79 Å². The van der Waals surface area contributed by atoms with Crippen LogP contribution < -0.4 is 14.8 Å². The molecule has 2 fully saturated rings. The van der Waals surface area contributed by atoms with Gasteiger partial charge in [-0.15, -0.1) is 0 Å². The Balaban J connectivity index is 1.49. The first-order chi connectivity index (χ1) is 19.4. The number of cyclic esters (lactones) is 1. The number of nitrogens with zero attached hydrogens (tertiary/aromatic N) is 1. The van der Waals surface area contributed by atoms with Gasteiger partial charge in [-0.1, -0.05) is 36.8 Å². The minimum atomic E-state index is -0.885. The number of ether oxygens (including phenoxy) is 5. The highest BCUT2D eigenvalue weighted by molar-refractivity contribution is 5.98. The predicted octanol–water partition coefficient (Wildman–Crippen LogP) is 3.86. The summed E-state index contributed by atoms with van der Waals surface area (Å²) >= 11 is 0. The van der Waals surface area contributed by atoms with Crippen molar-refractivity contribution in [2.45, 2.75) is 70.6 Å². The van der Waals surface area contributed by atoms with Crippen molar-refractivity contribution in [2.24, 2.45) is 11.8 Å². The van der Waals surface area contributed by atoms with E-state index in [9.17, 15) is 14.4 Å². The van der Waals surface area contributed by atoms with E-state index in [4.69, 9.17) is 23.7 Å². The van der Waals surface area contributed by atoms with Crippen molar-refractivity contribution >= 4 is 17.8 Å². The van der Waals surface area contributed by atoms with Gasteiger partial charge in [0.05, 0.1) is 13.2 Å². The van der Waals surface area contributed by atoms with Crippen LogP contribution in [0.2, 0.25) is 0 Å². The molecule has 1 amide bonds. The first-order valence-electron chi connectivity index (χ1n) is 13.8. The SMILES string of the molecule is COc1ccnc(C(=O)N[C@H]2CCC[C@H](Cc3ccccc3)[C@@H](OCC3CC3)[C@H](C)OC2=O)c1OCOC(C)=O. The summed E-state index contributed by atoms with van der Waals surface area (Å²) in [4.78, 5) is 41.9. The van der Waals surface area contributed by atoms with Crippen LogP contribution in [0.1, 0.15) is 62.0 Å². The molecular formula is C30H38N2O8. The standard InChI is InChI=1S/C30H38N2O8/c1-19-27(37-17-22-12-13-22)23(16-21-8-5-4-6-9-21)10-7-11-24(30(35)40-19)32-29(34)26-28(39-18-38-20(2)33)25(36-3)14-15-31-26/h4-6,8-9,14-15,19,22-24,27H,7,10-13,16-18H2,1-3H3,(H,32,34)/t19-,23+,24-,27-/m0/s1. The van der Waals surface area contributed by atoms with E-state index in [0.29, 0.717) is 25.4 Å². The van der Waals surface area contributed by atoms with E-state index in [0.717, 1.165) is 12.8 Å². The second-order valence-electron chi connectivity index (χ2n) is 10.4. The molecule has 0 unspecified atom stereocenters. The molecule has 1 aliphatic heterocycles. The van der Waals surface area contributed by atoms with Gasteiger partial charge in [-0.2, -0.15) is 0 Å². The summed E-state index contributed by atoms with van der Waals surface area (Å²) in [6.07, 6.45) is 5.70. The third-order valence-electron chi connectivity index (χ3n) is 7.22. The molecule has 2 heterocycles. The maximum atomic E-state index is 13.3. The summed E-state index contributed by atoms with van der Waals surface area (Å²) in [6.45, 7) is 3.34. The number of rotatable bonds is 11. The van der Waals surface area contributed by atoms with Gasteiger partial charge in [-0.3, -0.25) is 9.59 Å². The molecule has 1 aromatic carbocycles. The van der Waals surface area contributed by atoms with E-state index >= 15 is 0 Å². The van der Waals surface area contributed by atoms with E-state index in [1.54, 1.807) is 0 Å². The number of nitrogens with one attached hydrogen (secondary N) is 1. The number of amides is 1. The van der Waals surface area contributed by atoms with Gasteiger partial charge in [0.1, 0.15) is 12.1 Å². The van der Waals surface area contributed by atoms with Crippen molar-refractivity contribution in [2.75, 3.05) is 20.5 Å². The monoisotopic (exact) mass is 554 g/mol. The average Bonchev–Trinajstić information content (AvgIpc) is 3.76. The third kappa shape index (κ3) is 8.17. The van der Waals surface area contributed by atoms with Gasteiger partial charge in [-0.25, -0.2) is 9.78 Å². The largest absolute Gasteiger partial charge is 0.493 e. The summed E-state index contributed by atoms with van der Waals surface area (Å²) in [6, 6.07) is 10.9. The van der Waals surface area contributed by atoms with E-state index in [1.807, 2.05) is 25.1 Å². The summed E-state index contributed by atoms with van der Waals surface area (Å²) in [5.41, 5.74) is 1.11. The molecule has 0 bridgehead atoms. The van der Waals surface area contributed by atoms with E-state index in [1.165, 1.54) is 44.7 Å². The summed E-state index contributed by atoms with van der Waals surface area (Å²) in [5.74, 6) is -0.726. The van der Waals surface area contributed by atoms with Crippen LogP contribution in [0.4, 0.5) is 0 Å². The Kier molecular flexibility index (Phi) is 10.3. The van der Waals surface area contributed by atoms with Gasteiger partial charge in [0.15, 0.2) is 17.2 Å². The number of hydrogen-bond acceptors (Lipinski definition) is 9. The lowest BCUT2D eigenvalue weighted by molar-refractivity contribution is -0.161. The number of carbonyl (C=O) groups is 3. The molecule has 40 heavy (non-hydrogen) atoms. The molecule has 10 nitrogen and oxygen atoms in total. The van der Waals surface area contributed by atoms with Crippen molar-refractivity contribution in [1.29, 1.82) is 0 Å². The maximum Gasteiger partial charge on any atom is 0.329 e. The second-order valence-corrected chi connectivity index (χ2v) is 10.4. The fourth-order valence-corrected chi connectivity index (χ4v) is 4.94. The number of hydrogen-bond donors (Lipinski definition) is 1. The first kappa shape index (κ1) is 29.3. The number of benzene rings is 1. The van der Waals surface area contributed by atoms with E-state index in [-0.39, 0.29) is 29.2 Å². The second kappa shape index (κ2) is 14.1. The van der Waals surface area contributed by atoms with E-state index in [2.05, 4.69) is 22.4 Å². The quantitative estimate of drug-likeness (QED) is 0.326. The Hall–Kier alpha value is -3.66. The fourth-order valence-electron chi connectivity index (χ4n) is 4.94. The zero-order valence-electron chi connectivity index (χ0n) is 23.3. The van der Waals surface area contributed by atoms with Gasteiger partial charge in [0.25, 0.3) is 5.91 Å². The molecule has 10 heteroatoms. The highest BCUT2D eigenvalue weighted by atomic mass is 16.7. The Labute approximate surface area is 234 Å². The lowest BCUT2D eigenvalue weighted by Crippen LogP contribution is -2.45. The summed E-state index contributed by atoms with van der Waals surface area (Å²) < 4.78 is 27.9. The van der Waals surface area contributed by atoms with Crippen LogP contribution in [0.3, 0.4) is 0 Å². The maximum absolute atomic E-state index is 13.3. The lowest BCUT2D eigenvalue weighted by atomic mass is 9.87. The average molecular weight is 555 g/mol.